The number of anilines is 2. The highest BCUT2D eigenvalue weighted by Crippen LogP contribution is 2.26. The van der Waals surface area contributed by atoms with Gasteiger partial charge in [-0.3, -0.25) is 14.5 Å². The summed E-state index contributed by atoms with van der Waals surface area (Å²) < 4.78 is 24.7. The number of thioether (sulfide) groups is 2. The molecule has 29 heavy (non-hydrogen) atoms. The monoisotopic (exact) mass is 439 g/mol. The van der Waals surface area contributed by atoms with Crippen LogP contribution in [0, 0.1) is 0 Å². The average molecular weight is 440 g/mol. The van der Waals surface area contributed by atoms with E-state index < -0.39 is 11.8 Å². The standard InChI is InChI=1S/C20H23F2N3O2S2/c1-13(19(27)23-14-8-10-15(11-9-14)29-20(21)22)25(2)12-18(26)24-16-6-4-5-7-17(16)28-3/h4-11,13,20H,12H2,1-3H3,(H,23,27)(H,24,26)/t13-/m1/s1. The van der Waals surface area contributed by atoms with Crippen LogP contribution in [0.4, 0.5) is 20.2 Å². The van der Waals surface area contributed by atoms with Crippen molar-refractivity contribution in [1.82, 2.24) is 4.90 Å². The normalized spacial score (nSPS) is 12.1. The molecule has 0 aliphatic heterocycles. The Bertz CT molecular complexity index is 835. The summed E-state index contributed by atoms with van der Waals surface area (Å²) >= 11 is 1.98. The summed E-state index contributed by atoms with van der Waals surface area (Å²) in [6, 6.07) is 13.1. The summed E-state index contributed by atoms with van der Waals surface area (Å²) in [5.74, 6) is -3.00. The van der Waals surface area contributed by atoms with Gasteiger partial charge in [0, 0.05) is 15.5 Å². The SMILES string of the molecule is CSc1ccccc1NC(=O)CN(C)[C@H](C)C(=O)Nc1ccc(SC(F)F)cc1. The average Bonchev–Trinajstić information content (AvgIpc) is 2.68. The number of hydrogen-bond donors (Lipinski definition) is 2. The van der Waals surface area contributed by atoms with E-state index in [0.29, 0.717) is 22.3 Å². The lowest BCUT2D eigenvalue weighted by Crippen LogP contribution is -2.43. The number of carbonyl (C=O) groups is 2. The van der Waals surface area contributed by atoms with Crippen molar-refractivity contribution in [1.29, 1.82) is 0 Å². The zero-order valence-electron chi connectivity index (χ0n) is 16.3. The zero-order chi connectivity index (χ0) is 21.4. The number of amides is 2. The number of para-hydroxylation sites is 1. The second kappa shape index (κ2) is 11.2. The van der Waals surface area contributed by atoms with Gasteiger partial charge in [0.2, 0.25) is 11.8 Å². The largest absolute Gasteiger partial charge is 0.325 e. The molecule has 156 valence electrons. The Kier molecular flexibility index (Phi) is 8.94. The predicted molar refractivity (Wildman–Crippen MR) is 116 cm³/mol. The van der Waals surface area contributed by atoms with Crippen molar-refractivity contribution in [3.8, 4) is 0 Å². The minimum absolute atomic E-state index is 0.0429. The Balaban J connectivity index is 1.89. The van der Waals surface area contributed by atoms with E-state index in [1.54, 1.807) is 31.0 Å². The number of benzene rings is 2. The van der Waals surface area contributed by atoms with Crippen LogP contribution < -0.4 is 10.6 Å². The van der Waals surface area contributed by atoms with Crippen molar-refractivity contribution < 1.29 is 18.4 Å². The number of alkyl halides is 2. The van der Waals surface area contributed by atoms with E-state index in [1.807, 2.05) is 30.5 Å². The first-order valence-corrected chi connectivity index (χ1v) is 10.9. The van der Waals surface area contributed by atoms with Crippen LogP contribution in [0.1, 0.15) is 6.92 Å². The predicted octanol–water partition coefficient (Wildman–Crippen LogP) is 4.62. The summed E-state index contributed by atoms with van der Waals surface area (Å²) in [7, 11) is 1.69. The molecule has 0 saturated heterocycles. The van der Waals surface area contributed by atoms with Gasteiger partial charge in [0.25, 0.3) is 5.76 Å². The van der Waals surface area contributed by atoms with E-state index in [2.05, 4.69) is 10.6 Å². The number of nitrogens with zero attached hydrogens (tertiary/aromatic N) is 1. The minimum Gasteiger partial charge on any atom is -0.325 e. The first-order chi connectivity index (χ1) is 13.8. The molecule has 5 nitrogen and oxygen atoms in total. The van der Waals surface area contributed by atoms with Gasteiger partial charge in [-0.25, -0.2) is 0 Å². The third kappa shape index (κ3) is 7.34. The van der Waals surface area contributed by atoms with Crippen LogP contribution in [-0.2, 0) is 9.59 Å². The lowest BCUT2D eigenvalue weighted by molar-refractivity contribution is -0.122. The molecule has 0 heterocycles. The van der Waals surface area contributed by atoms with E-state index in [-0.39, 0.29) is 18.4 Å². The molecular formula is C20H23F2N3O2S2. The van der Waals surface area contributed by atoms with Crippen LogP contribution in [-0.4, -0.2) is 48.4 Å². The van der Waals surface area contributed by atoms with Crippen LogP contribution in [0.15, 0.2) is 58.3 Å². The summed E-state index contributed by atoms with van der Waals surface area (Å²) in [6.45, 7) is 1.74. The summed E-state index contributed by atoms with van der Waals surface area (Å²) in [6.07, 6.45) is 1.93. The fourth-order valence-corrected chi connectivity index (χ4v) is 3.52. The quantitative estimate of drug-likeness (QED) is 0.559. The van der Waals surface area contributed by atoms with Crippen LogP contribution in [0.5, 0.6) is 0 Å². The maximum Gasteiger partial charge on any atom is 0.288 e. The highest BCUT2D eigenvalue weighted by molar-refractivity contribution is 7.99. The molecule has 2 aromatic carbocycles. The Morgan fingerprint density at radius 1 is 1.07 bits per heavy atom. The van der Waals surface area contributed by atoms with Gasteiger partial charge in [0.15, 0.2) is 0 Å². The van der Waals surface area contributed by atoms with Gasteiger partial charge >= 0.3 is 0 Å². The Morgan fingerprint density at radius 2 is 1.72 bits per heavy atom. The summed E-state index contributed by atoms with van der Waals surface area (Å²) in [4.78, 5) is 27.8. The number of nitrogens with one attached hydrogen (secondary N) is 2. The molecule has 0 unspecified atom stereocenters. The number of halogens is 2. The van der Waals surface area contributed by atoms with Crippen molar-refractivity contribution in [3.63, 3.8) is 0 Å². The topological polar surface area (TPSA) is 61.4 Å². The molecule has 0 saturated carbocycles. The fourth-order valence-electron chi connectivity index (χ4n) is 2.47. The van der Waals surface area contributed by atoms with Crippen molar-refractivity contribution in [2.75, 3.05) is 30.5 Å². The molecule has 0 aliphatic rings. The second-order valence-electron chi connectivity index (χ2n) is 6.23. The molecule has 2 amide bonds. The molecule has 2 N–H and O–H groups in total. The lowest BCUT2D eigenvalue weighted by Gasteiger charge is -2.23. The van der Waals surface area contributed by atoms with Gasteiger partial charge in [-0.2, -0.15) is 8.78 Å². The first-order valence-electron chi connectivity index (χ1n) is 8.79. The molecule has 2 aromatic rings. The number of hydrogen-bond acceptors (Lipinski definition) is 5. The van der Waals surface area contributed by atoms with Gasteiger partial charge in [-0.1, -0.05) is 23.9 Å². The van der Waals surface area contributed by atoms with E-state index in [1.165, 1.54) is 23.9 Å². The maximum atomic E-state index is 12.4. The van der Waals surface area contributed by atoms with E-state index in [4.69, 9.17) is 0 Å². The van der Waals surface area contributed by atoms with Crippen LogP contribution in [0.2, 0.25) is 0 Å². The molecule has 1 atom stereocenters. The van der Waals surface area contributed by atoms with Crippen LogP contribution >= 0.6 is 23.5 Å². The molecular weight excluding hydrogens is 416 g/mol. The Morgan fingerprint density at radius 3 is 2.34 bits per heavy atom. The maximum absolute atomic E-state index is 12.4. The number of carbonyl (C=O) groups excluding carboxylic acids is 2. The number of rotatable bonds is 9. The van der Waals surface area contributed by atoms with Gasteiger partial charge in [0.05, 0.1) is 18.3 Å². The summed E-state index contributed by atoms with van der Waals surface area (Å²) in [5, 5.41) is 5.59. The van der Waals surface area contributed by atoms with E-state index in [9.17, 15) is 18.4 Å². The third-order valence-corrected chi connectivity index (χ3v) is 5.68. The molecule has 0 spiro atoms. The van der Waals surface area contributed by atoms with Crippen LogP contribution in [0.25, 0.3) is 0 Å². The lowest BCUT2D eigenvalue weighted by atomic mass is 10.2. The fraction of sp³-hybridized carbons (Fsp3) is 0.300. The highest BCUT2D eigenvalue weighted by atomic mass is 32.2. The summed E-state index contributed by atoms with van der Waals surface area (Å²) in [5.41, 5.74) is 1.24. The molecule has 0 fully saturated rings. The molecule has 2 rings (SSSR count). The van der Waals surface area contributed by atoms with Crippen molar-refractivity contribution in [2.45, 2.75) is 28.5 Å². The minimum atomic E-state index is -2.49. The van der Waals surface area contributed by atoms with Gasteiger partial charge in [0.1, 0.15) is 0 Å². The molecule has 0 aliphatic carbocycles. The van der Waals surface area contributed by atoms with Crippen LogP contribution in [0.3, 0.4) is 0 Å². The van der Waals surface area contributed by atoms with Gasteiger partial charge < -0.3 is 10.6 Å². The Labute approximate surface area is 177 Å². The smallest absolute Gasteiger partial charge is 0.288 e. The van der Waals surface area contributed by atoms with Crippen molar-refractivity contribution in [3.05, 3.63) is 48.5 Å². The van der Waals surface area contributed by atoms with E-state index >= 15 is 0 Å². The van der Waals surface area contributed by atoms with Gasteiger partial charge in [-0.05, 0) is 56.6 Å². The highest BCUT2D eigenvalue weighted by Gasteiger charge is 2.20. The Hall–Kier alpha value is -2.10. The molecule has 0 bridgehead atoms. The third-order valence-electron chi connectivity index (χ3n) is 4.16. The zero-order valence-corrected chi connectivity index (χ0v) is 17.9. The molecule has 0 radical (unpaired) electrons. The first kappa shape index (κ1) is 23.2. The molecule has 0 aromatic heterocycles. The van der Waals surface area contributed by atoms with E-state index in [0.717, 1.165) is 10.6 Å². The number of likely N-dealkylation sites (N-methyl/N-ethyl adjacent to an activating group) is 1. The van der Waals surface area contributed by atoms with Gasteiger partial charge in [-0.15, -0.1) is 11.8 Å². The second-order valence-corrected chi connectivity index (χ2v) is 8.14. The molecule has 9 heteroatoms. The van der Waals surface area contributed by atoms with Crippen molar-refractivity contribution >= 4 is 46.7 Å². The van der Waals surface area contributed by atoms with Crippen molar-refractivity contribution in [2.24, 2.45) is 0 Å².